The average Bonchev–Trinajstić information content (AvgIpc) is 3.10. The topological polar surface area (TPSA) is 63.2 Å². The van der Waals surface area contributed by atoms with Gasteiger partial charge in [0.1, 0.15) is 11.4 Å². The normalized spacial score (nSPS) is 18.2. The van der Waals surface area contributed by atoms with Crippen LogP contribution in [0.5, 0.6) is 5.75 Å². The van der Waals surface area contributed by atoms with Crippen molar-refractivity contribution in [3.63, 3.8) is 0 Å². The van der Waals surface area contributed by atoms with Crippen LogP contribution in [0.3, 0.4) is 0 Å². The number of rotatable bonds is 4. The lowest BCUT2D eigenvalue weighted by atomic mass is 10.1. The number of likely N-dealkylation sites (tertiary alicyclic amines) is 1. The second-order valence-electron chi connectivity index (χ2n) is 6.79. The van der Waals surface area contributed by atoms with Crippen LogP contribution in [0.4, 0.5) is 5.95 Å². The molecule has 1 atom stereocenters. The molecule has 0 aliphatic carbocycles. The van der Waals surface area contributed by atoms with E-state index < -0.39 is 0 Å². The molecule has 0 unspecified atom stereocenters. The Morgan fingerprint density at radius 2 is 2.15 bits per heavy atom. The summed E-state index contributed by atoms with van der Waals surface area (Å²) in [5.74, 6) is 1.43. The first-order valence-corrected chi connectivity index (χ1v) is 9.74. The summed E-state index contributed by atoms with van der Waals surface area (Å²) in [7, 11) is 3.84. The van der Waals surface area contributed by atoms with Crippen LogP contribution < -0.4 is 10.1 Å². The highest BCUT2D eigenvalue weighted by Crippen LogP contribution is 2.38. The number of thiophene rings is 1. The standard InChI is InChI=1S/C19H23N5OS/c1-12-17(15-6-7-16-14(8-10-26-16)18(15)25-3)22-23-19(20-12)21-13-5-4-9-24(2)11-13/h6-8,10,13H,4-5,9,11H2,1-3H3,(H,20,21,23)/t13-/m1/s1. The minimum absolute atomic E-state index is 0.373. The summed E-state index contributed by atoms with van der Waals surface area (Å²) in [6, 6.07) is 6.59. The van der Waals surface area contributed by atoms with E-state index >= 15 is 0 Å². The summed E-state index contributed by atoms with van der Waals surface area (Å²) in [6.45, 7) is 4.13. The van der Waals surface area contributed by atoms with Gasteiger partial charge in [-0.2, -0.15) is 0 Å². The first kappa shape index (κ1) is 17.2. The monoisotopic (exact) mass is 369 g/mol. The molecule has 3 aromatic rings. The molecule has 0 amide bonds. The van der Waals surface area contributed by atoms with E-state index in [1.165, 1.54) is 11.1 Å². The third-order valence-corrected chi connectivity index (χ3v) is 5.75. The Kier molecular flexibility index (Phi) is 4.74. The summed E-state index contributed by atoms with van der Waals surface area (Å²) >= 11 is 1.70. The number of hydrogen-bond acceptors (Lipinski definition) is 7. The van der Waals surface area contributed by atoms with Gasteiger partial charge in [0.25, 0.3) is 0 Å². The molecule has 0 spiro atoms. The Morgan fingerprint density at radius 3 is 2.92 bits per heavy atom. The fraction of sp³-hybridized carbons (Fsp3) is 0.421. The second-order valence-corrected chi connectivity index (χ2v) is 7.74. The summed E-state index contributed by atoms with van der Waals surface area (Å²) in [5.41, 5.74) is 2.54. The molecule has 0 bridgehead atoms. The Balaban J connectivity index is 1.64. The van der Waals surface area contributed by atoms with Crippen LogP contribution in [-0.2, 0) is 0 Å². The number of anilines is 1. The van der Waals surface area contributed by atoms with Gasteiger partial charge in [0.2, 0.25) is 5.95 Å². The summed E-state index contributed by atoms with van der Waals surface area (Å²) in [5, 5.41) is 15.4. The molecular weight excluding hydrogens is 346 g/mol. The molecule has 0 saturated carbocycles. The van der Waals surface area contributed by atoms with E-state index in [9.17, 15) is 0 Å². The molecule has 1 N–H and O–H groups in total. The molecule has 1 saturated heterocycles. The highest BCUT2D eigenvalue weighted by atomic mass is 32.1. The first-order valence-electron chi connectivity index (χ1n) is 8.86. The van der Waals surface area contributed by atoms with Gasteiger partial charge in [0, 0.05) is 28.2 Å². The summed E-state index contributed by atoms with van der Waals surface area (Å²) < 4.78 is 6.88. The zero-order valence-electron chi connectivity index (χ0n) is 15.3. The Bertz CT molecular complexity index is 925. The number of benzene rings is 1. The van der Waals surface area contributed by atoms with Crippen molar-refractivity contribution in [1.82, 2.24) is 20.1 Å². The number of piperidine rings is 1. The minimum Gasteiger partial charge on any atom is -0.495 e. The Morgan fingerprint density at radius 1 is 1.27 bits per heavy atom. The van der Waals surface area contributed by atoms with Crippen LogP contribution >= 0.6 is 11.3 Å². The average molecular weight is 369 g/mol. The SMILES string of the molecule is COc1c(-c2nnc(N[C@@H]3CCCN(C)C3)nc2C)ccc2sccc12. The maximum Gasteiger partial charge on any atom is 0.243 e. The molecule has 3 heterocycles. The predicted molar refractivity (Wildman–Crippen MR) is 106 cm³/mol. The molecule has 26 heavy (non-hydrogen) atoms. The fourth-order valence-corrected chi connectivity index (χ4v) is 4.39. The van der Waals surface area contributed by atoms with Crippen molar-refractivity contribution in [2.75, 3.05) is 32.6 Å². The first-order chi connectivity index (χ1) is 12.7. The van der Waals surface area contributed by atoms with Crippen molar-refractivity contribution >= 4 is 27.4 Å². The third-order valence-electron chi connectivity index (χ3n) is 4.86. The number of hydrogen-bond donors (Lipinski definition) is 1. The van der Waals surface area contributed by atoms with E-state index in [0.717, 1.165) is 47.6 Å². The number of likely N-dealkylation sites (N-methyl/N-ethyl adjacent to an activating group) is 1. The Labute approximate surface area is 157 Å². The van der Waals surface area contributed by atoms with Crippen molar-refractivity contribution in [2.24, 2.45) is 0 Å². The number of methoxy groups -OCH3 is 1. The number of fused-ring (bicyclic) bond motifs is 1. The van der Waals surface area contributed by atoms with Gasteiger partial charge in [0.15, 0.2) is 0 Å². The molecule has 7 heteroatoms. The minimum atomic E-state index is 0.373. The summed E-state index contributed by atoms with van der Waals surface area (Å²) in [6.07, 6.45) is 2.33. The second kappa shape index (κ2) is 7.17. The van der Waals surface area contributed by atoms with E-state index in [2.05, 4.69) is 50.0 Å². The zero-order chi connectivity index (χ0) is 18.1. The van der Waals surface area contributed by atoms with Crippen molar-refractivity contribution in [3.8, 4) is 17.0 Å². The van der Waals surface area contributed by atoms with E-state index in [-0.39, 0.29) is 0 Å². The van der Waals surface area contributed by atoms with Crippen LogP contribution in [0.2, 0.25) is 0 Å². The lowest BCUT2D eigenvalue weighted by Crippen LogP contribution is -2.40. The molecule has 6 nitrogen and oxygen atoms in total. The van der Waals surface area contributed by atoms with Crippen LogP contribution in [0.15, 0.2) is 23.6 Å². The van der Waals surface area contributed by atoms with Gasteiger partial charge in [-0.3, -0.25) is 0 Å². The van der Waals surface area contributed by atoms with Gasteiger partial charge in [-0.1, -0.05) is 0 Å². The predicted octanol–water partition coefficient (Wildman–Crippen LogP) is 3.58. The number of aromatic nitrogens is 3. The molecular formula is C19H23N5OS. The van der Waals surface area contributed by atoms with Crippen molar-refractivity contribution in [2.45, 2.75) is 25.8 Å². The molecule has 1 aliphatic heterocycles. The number of ether oxygens (including phenoxy) is 1. The lowest BCUT2D eigenvalue weighted by Gasteiger charge is -2.30. The molecule has 1 aliphatic rings. The maximum absolute atomic E-state index is 5.68. The number of nitrogens with zero attached hydrogens (tertiary/aromatic N) is 4. The number of aryl methyl sites for hydroxylation is 1. The van der Waals surface area contributed by atoms with Crippen LogP contribution in [0.25, 0.3) is 21.3 Å². The molecule has 136 valence electrons. The Hall–Kier alpha value is -2.25. The van der Waals surface area contributed by atoms with Crippen LogP contribution in [0.1, 0.15) is 18.5 Å². The van der Waals surface area contributed by atoms with Crippen molar-refractivity contribution in [1.29, 1.82) is 0 Å². The van der Waals surface area contributed by atoms with E-state index in [1.54, 1.807) is 18.4 Å². The van der Waals surface area contributed by atoms with E-state index in [1.807, 2.05) is 13.0 Å². The molecule has 2 aromatic heterocycles. The lowest BCUT2D eigenvalue weighted by molar-refractivity contribution is 0.260. The van der Waals surface area contributed by atoms with Crippen LogP contribution in [-0.4, -0.2) is 53.4 Å². The van der Waals surface area contributed by atoms with Gasteiger partial charge in [-0.15, -0.1) is 21.5 Å². The van der Waals surface area contributed by atoms with Crippen molar-refractivity contribution in [3.05, 3.63) is 29.3 Å². The van der Waals surface area contributed by atoms with E-state index in [4.69, 9.17) is 4.74 Å². The molecule has 4 rings (SSSR count). The smallest absolute Gasteiger partial charge is 0.243 e. The summed E-state index contributed by atoms with van der Waals surface area (Å²) in [4.78, 5) is 6.99. The molecule has 0 radical (unpaired) electrons. The largest absolute Gasteiger partial charge is 0.495 e. The van der Waals surface area contributed by atoms with Gasteiger partial charge >= 0.3 is 0 Å². The van der Waals surface area contributed by atoms with E-state index in [0.29, 0.717) is 12.0 Å². The quantitative estimate of drug-likeness (QED) is 0.758. The highest BCUT2D eigenvalue weighted by Gasteiger charge is 2.20. The van der Waals surface area contributed by atoms with Gasteiger partial charge in [0.05, 0.1) is 12.8 Å². The van der Waals surface area contributed by atoms with Crippen molar-refractivity contribution < 1.29 is 4.74 Å². The fourth-order valence-electron chi connectivity index (χ4n) is 3.60. The highest BCUT2D eigenvalue weighted by molar-refractivity contribution is 7.17. The number of nitrogens with one attached hydrogen (secondary N) is 1. The van der Waals surface area contributed by atoms with Gasteiger partial charge in [-0.05, 0) is 56.9 Å². The molecule has 1 aromatic carbocycles. The van der Waals surface area contributed by atoms with Crippen LogP contribution in [0, 0.1) is 6.92 Å². The zero-order valence-corrected chi connectivity index (χ0v) is 16.1. The third kappa shape index (κ3) is 3.24. The van der Waals surface area contributed by atoms with Gasteiger partial charge < -0.3 is 15.0 Å². The van der Waals surface area contributed by atoms with Gasteiger partial charge in [-0.25, -0.2) is 4.98 Å². The molecule has 1 fully saturated rings. The maximum atomic E-state index is 5.68.